The molecule has 1 aliphatic heterocycles. The quantitative estimate of drug-likeness (QED) is 0.401. The molecule has 0 aromatic rings. The SMILES string of the molecule is O=[N+]([O-])N1CN(NO)CN([N+](=O)[O-])C1. The van der Waals surface area contributed by atoms with Crippen LogP contribution in [0.5, 0.6) is 0 Å². The molecule has 80 valence electrons. The van der Waals surface area contributed by atoms with E-state index in [0.717, 1.165) is 5.01 Å². The van der Waals surface area contributed by atoms with E-state index >= 15 is 0 Å². The van der Waals surface area contributed by atoms with Crippen LogP contribution in [0.1, 0.15) is 0 Å². The third-order valence-corrected chi connectivity index (χ3v) is 1.60. The van der Waals surface area contributed by atoms with E-state index in [1.54, 1.807) is 5.59 Å². The van der Waals surface area contributed by atoms with E-state index in [1.807, 2.05) is 0 Å². The van der Waals surface area contributed by atoms with Crippen molar-refractivity contribution in [3.63, 3.8) is 0 Å². The Morgan fingerprint density at radius 2 is 1.50 bits per heavy atom. The van der Waals surface area contributed by atoms with Crippen LogP contribution in [0.3, 0.4) is 0 Å². The van der Waals surface area contributed by atoms with Gasteiger partial charge in [0.2, 0.25) is 6.67 Å². The second-order valence-electron chi connectivity index (χ2n) is 2.55. The fourth-order valence-corrected chi connectivity index (χ4v) is 0.987. The van der Waals surface area contributed by atoms with Gasteiger partial charge in [-0.3, -0.25) is 0 Å². The predicted molar refractivity (Wildman–Crippen MR) is 39.0 cm³/mol. The molecule has 11 heteroatoms. The fraction of sp³-hybridized carbons (Fsp3) is 1.00. The van der Waals surface area contributed by atoms with Crippen LogP contribution >= 0.6 is 0 Å². The Morgan fingerprint density at radius 3 is 1.79 bits per heavy atom. The summed E-state index contributed by atoms with van der Waals surface area (Å²) in [6.45, 7) is -0.917. The van der Waals surface area contributed by atoms with Crippen LogP contribution in [-0.2, 0) is 0 Å². The van der Waals surface area contributed by atoms with Gasteiger partial charge in [-0.15, -0.1) is 5.59 Å². The predicted octanol–water partition coefficient (Wildman–Crippen LogP) is -1.94. The molecule has 1 saturated heterocycles. The molecule has 0 saturated carbocycles. The third-order valence-electron chi connectivity index (χ3n) is 1.60. The van der Waals surface area contributed by atoms with E-state index in [-0.39, 0.29) is 13.3 Å². The molecule has 0 bridgehead atoms. The Morgan fingerprint density at radius 1 is 1.07 bits per heavy atom. The van der Waals surface area contributed by atoms with Gasteiger partial charge in [-0.05, 0) is 0 Å². The van der Waals surface area contributed by atoms with Crippen molar-refractivity contribution < 1.29 is 15.3 Å². The van der Waals surface area contributed by atoms with Gasteiger partial charge < -0.3 is 5.21 Å². The summed E-state index contributed by atoms with van der Waals surface area (Å²) in [4.78, 5) is 20.7. The number of nitrogens with zero attached hydrogens (tertiary/aromatic N) is 5. The summed E-state index contributed by atoms with van der Waals surface area (Å²) in [7, 11) is 0. The van der Waals surface area contributed by atoms with Crippen molar-refractivity contribution in [3.8, 4) is 0 Å². The zero-order valence-electron chi connectivity index (χ0n) is 6.94. The second-order valence-corrected chi connectivity index (χ2v) is 2.55. The summed E-state index contributed by atoms with van der Waals surface area (Å²) in [5.41, 5.74) is 1.61. The van der Waals surface area contributed by atoms with Crippen LogP contribution in [0, 0.1) is 20.2 Å². The van der Waals surface area contributed by atoms with Crippen molar-refractivity contribution in [2.24, 2.45) is 0 Å². The molecule has 0 aromatic carbocycles. The Kier molecular flexibility index (Phi) is 2.95. The third kappa shape index (κ3) is 2.15. The Hall–Kier alpha value is -1.72. The van der Waals surface area contributed by atoms with Crippen LogP contribution in [0.2, 0.25) is 0 Å². The lowest BCUT2D eigenvalue weighted by Crippen LogP contribution is -2.60. The van der Waals surface area contributed by atoms with Crippen molar-refractivity contribution in [1.82, 2.24) is 20.6 Å². The number of nitrogens with one attached hydrogen (secondary N) is 1. The molecule has 0 radical (unpaired) electrons. The summed E-state index contributed by atoms with van der Waals surface area (Å²) in [6.07, 6.45) is 0. The minimum atomic E-state index is -0.778. The van der Waals surface area contributed by atoms with E-state index in [4.69, 9.17) is 5.21 Å². The van der Waals surface area contributed by atoms with Gasteiger partial charge in [0.1, 0.15) is 0 Å². The summed E-state index contributed by atoms with van der Waals surface area (Å²) < 4.78 is 0. The molecule has 0 spiro atoms. The minimum Gasteiger partial charge on any atom is -0.302 e. The number of nitro groups is 2. The average molecular weight is 208 g/mol. The smallest absolute Gasteiger partial charge is 0.211 e. The second kappa shape index (κ2) is 3.99. The summed E-state index contributed by atoms with van der Waals surface area (Å²) in [6, 6.07) is 0. The highest BCUT2D eigenvalue weighted by atomic mass is 16.7. The molecule has 1 rings (SSSR count). The minimum absolute atomic E-state index is 0.242. The van der Waals surface area contributed by atoms with Crippen LogP contribution < -0.4 is 5.59 Å². The highest BCUT2D eigenvalue weighted by molar-refractivity contribution is 4.52. The van der Waals surface area contributed by atoms with Gasteiger partial charge in [-0.1, -0.05) is 10.0 Å². The highest BCUT2D eigenvalue weighted by Gasteiger charge is 2.34. The number of hydrogen-bond acceptors (Lipinski definition) is 7. The number of rotatable bonds is 3. The Balaban J connectivity index is 2.66. The van der Waals surface area contributed by atoms with E-state index in [1.165, 1.54) is 0 Å². The maximum atomic E-state index is 10.3. The van der Waals surface area contributed by atoms with Gasteiger partial charge in [0.25, 0.3) is 0 Å². The van der Waals surface area contributed by atoms with Gasteiger partial charge in [0, 0.05) is 0 Å². The van der Waals surface area contributed by atoms with E-state index < -0.39 is 16.7 Å². The molecular weight excluding hydrogens is 200 g/mol. The van der Waals surface area contributed by atoms with E-state index in [9.17, 15) is 20.2 Å². The van der Waals surface area contributed by atoms with Crippen molar-refractivity contribution in [2.45, 2.75) is 0 Å². The van der Waals surface area contributed by atoms with Crippen LogP contribution in [-0.4, -0.2) is 50.3 Å². The van der Waals surface area contributed by atoms with Gasteiger partial charge in [0.15, 0.2) is 23.4 Å². The topological polar surface area (TPSA) is 128 Å². The first-order valence-electron chi connectivity index (χ1n) is 3.47. The first-order chi connectivity index (χ1) is 6.54. The Bertz CT molecular complexity index is 224. The Labute approximate surface area is 77.3 Å². The normalized spacial score (nSPS) is 18.4. The fourth-order valence-electron chi connectivity index (χ4n) is 0.987. The van der Waals surface area contributed by atoms with Gasteiger partial charge in [0.05, 0.1) is 0 Å². The average Bonchev–Trinajstić information content (AvgIpc) is 2.16. The zero-order valence-corrected chi connectivity index (χ0v) is 6.94. The molecule has 0 aliphatic carbocycles. The molecule has 0 unspecified atom stereocenters. The first-order valence-corrected chi connectivity index (χ1v) is 3.47. The van der Waals surface area contributed by atoms with Crippen molar-refractivity contribution in [1.29, 1.82) is 0 Å². The lowest BCUT2D eigenvalue weighted by Gasteiger charge is -2.31. The maximum Gasteiger partial charge on any atom is 0.211 e. The van der Waals surface area contributed by atoms with E-state index in [2.05, 4.69) is 0 Å². The molecular formula is C3H8N6O5. The van der Waals surface area contributed by atoms with Gasteiger partial charge in [-0.25, -0.2) is 20.2 Å². The van der Waals surface area contributed by atoms with Gasteiger partial charge >= 0.3 is 0 Å². The molecule has 2 N–H and O–H groups in total. The van der Waals surface area contributed by atoms with Crippen molar-refractivity contribution >= 4 is 0 Å². The summed E-state index contributed by atoms with van der Waals surface area (Å²) in [5.74, 6) is 0. The molecule has 0 amide bonds. The highest BCUT2D eigenvalue weighted by Crippen LogP contribution is 2.04. The number of hydrazine groups is 3. The van der Waals surface area contributed by atoms with Crippen LogP contribution in [0.15, 0.2) is 0 Å². The lowest BCUT2D eigenvalue weighted by atomic mass is 10.7. The maximum absolute atomic E-state index is 10.3. The lowest BCUT2D eigenvalue weighted by molar-refractivity contribution is -0.729. The molecule has 1 aliphatic rings. The standard InChI is InChI=1S/C3H8N6O5/c10-4-5-1-6(8(11)12)3-7(2-5)9(13)14/h4,10H,1-3H2. The van der Waals surface area contributed by atoms with Gasteiger partial charge in [-0.2, -0.15) is 5.01 Å². The van der Waals surface area contributed by atoms with Crippen molar-refractivity contribution in [2.75, 3.05) is 20.0 Å². The van der Waals surface area contributed by atoms with Crippen LogP contribution in [0.25, 0.3) is 0 Å². The monoisotopic (exact) mass is 208 g/mol. The number of hydrogen-bond donors (Lipinski definition) is 2. The summed E-state index contributed by atoms with van der Waals surface area (Å²) >= 11 is 0. The molecule has 14 heavy (non-hydrogen) atoms. The first kappa shape index (κ1) is 10.4. The van der Waals surface area contributed by atoms with E-state index in [0.29, 0.717) is 10.0 Å². The summed E-state index contributed by atoms with van der Waals surface area (Å²) in [5, 5.41) is 29.6. The molecule has 0 atom stereocenters. The molecule has 11 nitrogen and oxygen atoms in total. The van der Waals surface area contributed by atoms with Crippen LogP contribution in [0.4, 0.5) is 0 Å². The van der Waals surface area contributed by atoms with Crippen molar-refractivity contribution in [3.05, 3.63) is 20.2 Å². The largest absolute Gasteiger partial charge is 0.302 e. The molecule has 1 heterocycles. The zero-order chi connectivity index (χ0) is 10.7. The molecule has 0 aromatic heterocycles. The molecule has 1 fully saturated rings.